The second kappa shape index (κ2) is 5.95. The molecule has 1 N–H and O–H groups in total. The number of pyridine rings is 1. The summed E-state index contributed by atoms with van der Waals surface area (Å²) in [4.78, 5) is 15.7. The Morgan fingerprint density at radius 1 is 1.39 bits per heavy atom. The van der Waals surface area contributed by atoms with Crippen molar-refractivity contribution in [1.82, 2.24) is 20.1 Å². The van der Waals surface area contributed by atoms with Crippen LogP contribution in [0.4, 0.5) is 0 Å². The predicted octanol–water partition coefficient (Wildman–Crippen LogP) is 1.06. The van der Waals surface area contributed by atoms with Gasteiger partial charge in [-0.25, -0.2) is 0 Å². The number of aryl methyl sites for hydroxylation is 2. The van der Waals surface area contributed by atoms with Gasteiger partial charge in [0.1, 0.15) is 0 Å². The van der Waals surface area contributed by atoms with Crippen LogP contribution >= 0.6 is 0 Å². The van der Waals surface area contributed by atoms with E-state index in [9.17, 15) is 4.79 Å². The highest BCUT2D eigenvalue weighted by molar-refractivity contribution is 5.76. The van der Waals surface area contributed by atoms with Crippen molar-refractivity contribution in [2.24, 2.45) is 7.05 Å². The van der Waals surface area contributed by atoms with Crippen LogP contribution in [0.2, 0.25) is 0 Å². The number of amides is 1. The number of nitrogens with one attached hydrogen (secondary N) is 1. The summed E-state index contributed by atoms with van der Waals surface area (Å²) < 4.78 is 1.72. The molecule has 5 nitrogen and oxygen atoms in total. The Morgan fingerprint density at radius 3 is 2.94 bits per heavy atom. The molecule has 0 radical (unpaired) electrons. The predicted molar refractivity (Wildman–Crippen MR) is 67.6 cm³/mol. The van der Waals surface area contributed by atoms with Gasteiger partial charge in [0.2, 0.25) is 5.91 Å². The Balaban J connectivity index is 1.73. The van der Waals surface area contributed by atoms with Gasteiger partial charge in [0, 0.05) is 44.2 Å². The van der Waals surface area contributed by atoms with Crippen molar-refractivity contribution in [2.75, 3.05) is 0 Å². The van der Waals surface area contributed by atoms with Crippen LogP contribution in [0.15, 0.2) is 36.9 Å². The van der Waals surface area contributed by atoms with Gasteiger partial charge >= 0.3 is 0 Å². The molecule has 18 heavy (non-hydrogen) atoms. The van der Waals surface area contributed by atoms with Crippen molar-refractivity contribution in [3.63, 3.8) is 0 Å². The standard InChI is InChI=1S/C13H16N4O/c1-17-10-12(9-16-17)8-15-13(18)5-4-11-3-2-6-14-7-11/h2-3,6-7,9-10H,4-5,8H2,1H3,(H,15,18). The van der Waals surface area contributed by atoms with E-state index in [0.717, 1.165) is 11.1 Å². The van der Waals surface area contributed by atoms with Crippen molar-refractivity contribution in [3.05, 3.63) is 48.0 Å². The van der Waals surface area contributed by atoms with Crippen LogP contribution in [0.3, 0.4) is 0 Å². The number of carbonyl (C=O) groups excluding carboxylic acids is 1. The fourth-order valence-electron chi connectivity index (χ4n) is 1.66. The molecule has 0 fully saturated rings. The van der Waals surface area contributed by atoms with Gasteiger partial charge < -0.3 is 5.32 Å². The summed E-state index contributed by atoms with van der Waals surface area (Å²) >= 11 is 0. The molecular weight excluding hydrogens is 228 g/mol. The highest BCUT2D eigenvalue weighted by Gasteiger charge is 2.03. The Bertz CT molecular complexity index is 507. The fourth-order valence-corrected chi connectivity index (χ4v) is 1.66. The lowest BCUT2D eigenvalue weighted by atomic mass is 10.1. The number of carbonyl (C=O) groups is 1. The largest absolute Gasteiger partial charge is 0.352 e. The summed E-state index contributed by atoms with van der Waals surface area (Å²) in [6, 6.07) is 3.85. The second-order valence-corrected chi connectivity index (χ2v) is 4.16. The van der Waals surface area contributed by atoms with Crippen LogP contribution in [0, 0.1) is 0 Å². The highest BCUT2D eigenvalue weighted by Crippen LogP contribution is 2.01. The first-order valence-electron chi connectivity index (χ1n) is 5.87. The van der Waals surface area contributed by atoms with E-state index >= 15 is 0 Å². The van der Waals surface area contributed by atoms with E-state index in [1.54, 1.807) is 23.3 Å². The summed E-state index contributed by atoms with van der Waals surface area (Å²) in [6.07, 6.45) is 8.35. The summed E-state index contributed by atoms with van der Waals surface area (Å²) in [6.45, 7) is 0.527. The molecule has 2 rings (SSSR count). The molecule has 2 aromatic heterocycles. The molecule has 0 bridgehead atoms. The molecular formula is C13H16N4O. The number of nitrogens with zero attached hydrogens (tertiary/aromatic N) is 3. The van der Waals surface area contributed by atoms with Gasteiger partial charge in [0.15, 0.2) is 0 Å². The molecule has 94 valence electrons. The minimum atomic E-state index is 0.0442. The van der Waals surface area contributed by atoms with Gasteiger partial charge in [-0.3, -0.25) is 14.5 Å². The van der Waals surface area contributed by atoms with E-state index in [1.165, 1.54) is 0 Å². The Labute approximate surface area is 106 Å². The average molecular weight is 244 g/mol. The van der Waals surface area contributed by atoms with Crippen molar-refractivity contribution < 1.29 is 4.79 Å². The van der Waals surface area contributed by atoms with E-state index in [1.807, 2.05) is 25.4 Å². The first kappa shape index (κ1) is 12.3. The van der Waals surface area contributed by atoms with E-state index in [-0.39, 0.29) is 5.91 Å². The summed E-state index contributed by atoms with van der Waals surface area (Å²) in [5, 5.41) is 6.92. The van der Waals surface area contributed by atoms with E-state index in [2.05, 4.69) is 15.4 Å². The number of hydrogen-bond acceptors (Lipinski definition) is 3. The topological polar surface area (TPSA) is 59.8 Å². The molecule has 2 aromatic rings. The molecule has 1 amide bonds. The molecule has 0 atom stereocenters. The first-order valence-corrected chi connectivity index (χ1v) is 5.87. The van der Waals surface area contributed by atoms with Crippen LogP contribution in [-0.2, 0) is 24.8 Å². The van der Waals surface area contributed by atoms with Gasteiger partial charge in [0.05, 0.1) is 6.20 Å². The smallest absolute Gasteiger partial charge is 0.220 e. The lowest BCUT2D eigenvalue weighted by Gasteiger charge is -2.03. The summed E-state index contributed by atoms with van der Waals surface area (Å²) in [7, 11) is 1.85. The van der Waals surface area contributed by atoms with Crippen LogP contribution in [0.1, 0.15) is 17.5 Å². The van der Waals surface area contributed by atoms with Crippen molar-refractivity contribution >= 4 is 5.91 Å². The van der Waals surface area contributed by atoms with Gasteiger partial charge in [0.25, 0.3) is 0 Å². The van der Waals surface area contributed by atoms with Crippen molar-refractivity contribution in [2.45, 2.75) is 19.4 Å². The van der Waals surface area contributed by atoms with E-state index in [0.29, 0.717) is 19.4 Å². The molecule has 0 saturated heterocycles. The Hall–Kier alpha value is -2.17. The Morgan fingerprint density at radius 2 is 2.28 bits per heavy atom. The first-order chi connectivity index (χ1) is 8.74. The second-order valence-electron chi connectivity index (χ2n) is 4.16. The van der Waals surface area contributed by atoms with Crippen LogP contribution in [0.5, 0.6) is 0 Å². The van der Waals surface area contributed by atoms with E-state index < -0.39 is 0 Å². The quantitative estimate of drug-likeness (QED) is 0.855. The maximum Gasteiger partial charge on any atom is 0.220 e. The maximum atomic E-state index is 11.6. The molecule has 0 aliphatic heterocycles. The normalized spacial score (nSPS) is 10.3. The lowest BCUT2D eigenvalue weighted by molar-refractivity contribution is -0.121. The summed E-state index contributed by atoms with van der Waals surface area (Å²) in [5.41, 5.74) is 2.08. The molecule has 0 aliphatic carbocycles. The molecule has 0 spiro atoms. The van der Waals surface area contributed by atoms with E-state index in [4.69, 9.17) is 0 Å². The minimum Gasteiger partial charge on any atom is -0.352 e. The average Bonchev–Trinajstić information content (AvgIpc) is 2.81. The molecule has 0 aliphatic rings. The Kier molecular flexibility index (Phi) is 4.06. The summed E-state index contributed by atoms with van der Waals surface area (Å²) in [5.74, 6) is 0.0442. The van der Waals surface area contributed by atoms with Gasteiger partial charge in [-0.05, 0) is 18.1 Å². The fraction of sp³-hybridized carbons (Fsp3) is 0.308. The van der Waals surface area contributed by atoms with Gasteiger partial charge in [-0.15, -0.1) is 0 Å². The SMILES string of the molecule is Cn1cc(CNC(=O)CCc2cccnc2)cn1. The van der Waals surface area contributed by atoms with Crippen LogP contribution in [0.25, 0.3) is 0 Å². The number of aromatic nitrogens is 3. The molecule has 0 aromatic carbocycles. The highest BCUT2D eigenvalue weighted by atomic mass is 16.1. The number of rotatable bonds is 5. The molecule has 0 saturated carbocycles. The molecule has 2 heterocycles. The zero-order valence-corrected chi connectivity index (χ0v) is 10.3. The monoisotopic (exact) mass is 244 g/mol. The third-order valence-electron chi connectivity index (χ3n) is 2.61. The van der Waals surface area contributed by atoms with Crippen molar-refractivity contribution in [1.29, 1.82) is 0 Å². The minimum absolute atomic E-state index is 0.0442. The maximum absolute atomic E-state index is 11.6. The van der Waals surface area contributed by atoms with Gasteiger partial charge in [-0.1, -0.05) is 6.07 Å². The van der Waals surface area contributed by atoms with Gasteiger partial charge in [-0.2, -0.15) is 5.10 Å². The zero-order chi connectivity index (χ0) is 12.8. The third-order valence-corrected chi connectivity index (χ3v) is 2.61. The molecule has 0 unspecified atom stereocenters. The zero-order valence-electron chi connectivity index (χ0n) is 10.3. The van der Waals surface area contributed by atoms with Crippen LogP contribution < -0.4 is 5.32 Å². The van der Waals surface area contributed by atoms with Crippen molar-refractivity contribution in [3.8, 4) is 0 Å². The lowest BCUT2D eigenvalue weighted by Crippen LogP contribution is -2.22. The van der Waals surface area contributed by atoms with Crippen LogP contribution in [-0.4, -0.2) is 20.7 Å². The number of hydrogen-bond donors (Lipinski definition) is 1. The molecule has 5 heteroatoms. The third kappa shape index (κ3) is 3.69.